The Bertz CT molecular complexity index is 629. The first-order valence-electron chi connectivity index (χ1n) is 17.1. The van der Waals surface area contributed by atoms with E-state index in [1.54, 1.807) is 0 Å². The predicted molar refractivity (Wildman–Crippen MR) is 189 cm³/mol. The molecule has 0 saturated carbocycles. The molecule has 0 aromatic heterocycles. The summed E-state index contributed by atoms with van der Waals surface area (Å²) in [6.45, 7) is 28.9. The molecule has 0 aromatic carbocycles. The molecule has 0 rings (SSSR count). The lowest BCUT2D eigenvalue weighted by molar-refractivity contribution is 0.0706. The first-order valence-corrected chi connectivity index (χ1v) is 30.9. The minimum atomic E-state index is -2.51. The van der Waals surface area contributed by atoms with Crippen LogP contribution in [0.5, 0.6) is 0 Å². The zero-order chi connectivity index (χ0) is 31.5. The molecule has 0 radical (unpaired) electrons. The molecule has 0 bridgehead atoms. The maximum atomic E-state index is 7.22. The topological polar surface area (TPSA) is 55.4 Å². The van der Waals surface area contributed by atoms with Gasteiger partial charge in [0.1, 0.15) is 0 Å². The molecular formula is C30H72O6Si5. The summed E-state index contributed by atoms with van der Waals surface area (Å²) in [5.41, 5.74) is 0. The molecule has 248 valence electrons. The first kappa shape index (κ1) is 41.8. The Labute approximate surface area is 262 Å². The number of unbranched alkanes of at least 4 members (excludes halogenated alkanes) is 10. The van der Waals surface area contributed by atoms with Crippen molar-refractivity contribution >= 4 is 42.6 Å². The quantitative estimate of drug-likeness (QED) is 0.0611. The Morgan fingerprint density at radius 2 is 0.683 bits per heavy atom. The summed E-state index contributed by atoms with van der Waals surface area (Å²) < 4.78 is 39.1. The lowest BCUT2D eigenvalue weighted by Crippen LogP contribution is -2.58. The zero-order valence-corrected chi connectivity index (χ0v) is 34.7. The van der Waals surface area contributed by atoms with E-state index < -0.39 is 42.6 Å². The van der Waals surface area contributed by atoms with Gasteiger partial charge in [0.05, 0.1) is 0 Å². The lowest BCUT2D eigenvalue weighted by Gasteiger charge is -2.43. The fourth-order valence-electron chi connectivity index (χ4n) is 5.72. The van der Waals surface area contributed by atoms with Crippen molar-refractivity contribution in [2.24, 2.45) is 0 Å². The smallest absolute Gasteiger partial charge is 0.437 e. The van der Waals surface area contributed by atoms with E-state index in [4.69, 9.17) is 25.6 Å². The number of rotatable bonds is 28. The Morgan fingerprint density at radius 1 is 0.366 bits per heavy atom. The van der Waals surface area contributed by atoms with E-state index in [9.17, 15) is 0 Å². The Balaban J connectivity index is 5.00. The molecule has 0 amide bonds. The van der Waals surface area contributed by atoms with Gasteiger partial charge >= 0.3 is 25.9 Å². The van der Waals surface area contributed by atoms with Gasteiger partial charge in [-0.2, -0.15) is 0 Å². The van der Waals surface area contributed by atoms with E-state index in [0.29, 0.717) is 19.8 Å². The van der Waals surface area contributed by atoms with Crippen LogP contribution in [0, 0.1) is 0 Å². The number of hydrogen-bond donors (Lipinski definition) is 0. The van der Waals surface area contributed by atoms with Crippen LogP contribution in [-0.2, 0) is 25.6 Å². The molecule has 2 atom stereocenters. The standard InChI is InChI=1S/C30H72O6Si5/c1-13-17-18-19-22-25-28-39(11,34-37(5,6)7)36-40(12,35-38(8,9)10)29-26-23-20-21-24-27-30-41(31-14-2,32-15-3)33-16-4/h13-30H2,1-12H3. The van der Waals surface area contributed by atoms with Gasteiger partial charge in [0.15, 0.2) is 16.6 Å². The van der Waals surface area contributed by atoms with Crippen LogP contribution in [0.4, 0.5) is 0 Å². The maximum absolute atomic E-state index is 7.22. The third-order valence-corrected chi connectivity index (χ3v) is 24.4. The van der Waals surface area contributed by atoms with Gasteiger partial charge in [-0.15, -0.1) is 0 Å². The Hall–Kier alpha value is 0.844. The third kappa shape index (κ3) is 22.1. The summed E-state index contributed by atoms with van der Waals surface area (Å²) in [5.74, 6) is 0. The summed E-state index contributed by atoms with van der Waals surface area (Å²) in [6, 6.07) is 3.09. The van der Waals surface area contributed by atoms with E-state index in [2.05, 4.69) is 59.3 Å². The average Bonchev–Trinajstić information content (AvgIpc) is 2.81. The molecular weight excluding hydrogens is 597 g/mol. The zero-order valence-electron chi connectivity index (χ0n) is 29.7. The molecule has 0 aliphatic rings. The van der Waals surface area contributed by atoms with Crippen LogP contribution in [-0.4, -0.2) is 62.4 Å². The Morgan fingerprint density at radius 3 is 1.00 bits per heavy atom. The van der Waals surface area contributed by atoms with Gasteiger partial charge in [-0.3, -0.25) is 0 Å². The monoisotopic (exact) mass is 668 g/mol. The molecule has 0 aliphatic carbocycles. The first-order chi connectivity index (χ1) is 19.1. The van der Waals surface area contributed by atoms with Crippen LogP contribution in [0.2, 0.25) is 70.5 Å². The van der Waals surface area contributed by atoms with Gasteiger partial charge in [0, 0.05) is 25.9 Å². The van der Waals surface area contributed by atoms with Crippen molar-refractivity contribution in [3.8, 4) is 0 Å². The van der Waals surface area contributed by atoms with Crippen LogP contribution in [0.3, 0.4) is 0 Å². The van der Waals surface area contributed by atoms with Crippen molar-refractivity contribution in [2.75, 3.05) is 19.8 Å². The van der Waals surface area contributed by atoms with Gasteiger partial charge in [0.2, 0.25) is 0 Å². The van der Waals surface area contributed by atoms with Crippen LogP contribution in [0.15, 0.2) is 0 Å². The molecule has 0 N–H and O–H groups in total. The molecule has 2 unspecified atom stereocenters. The van der Waals surface area contributed by atoms with E-state index in [1.807, 2.05) is 20.8 Å². The summed E-state index contributed by atoms with van der Waals surface area (Å²) in [5, 5.41) is 0. The summed E-state index contributed by atoms with van der Waals surface area (Å²) in [6.07, 6.45) is 15.0. The van der Waals surface area contributed by atoms with Crippen molar-refractivity contribution < 1.29 is 25.6 Å². The van der Waals surface area contributed by atoms with E-state index >= 15 is 0 Å². The summed E-state index contributed by atoms with van der Waals surface area (Å²) in [7, 11) is -10.7. The maximum Gasteiger partial charge on any atom is 0.500 e. The second-order valence-corrected chi connectivity index (χ2v) is 33.1. The lowest BCUT2D eigenvalue weighted by atomic mass is 10.1. The van der Waals surface area contributed by atoms with Crippen LogP contribution < -0.4 is 0 Å². The molecule has 0 heterocycles. The van der Waals surface area contributed by atoms with Gasteiger partial charge in [-0.05, 0) is 91.7 Å². The van der Waals surface area contributed by atoms with Gasteiger partial charge in [-0.25, -0.2) is 0 Å². The van der Waals surface area contributed by atoms with Gasteiger partial charge in [-0.1, -0.05) is 77.6 Å². The minimum Gasteiger partial charge on any atom is -0.437 e. The van der Waals surface area contributed by atoms with E-state index in [1.165, 1.54) is 70.6 Å². The predicted octanol–water partition coefficient (Wildman–Crippen LogP) is 10.6. The van der Waals surface area contributed by atoms with Crippen molar-refractivity contribution in [1.29, 1.82) is 0 Å². The highest BCUT2D eigenvalue weighted by Gasteiger charge is 2.46. The molecule has 0 spiro atoms. The fraction of sp³-hybridized carbons (Fsp3) is 1.00. The molecule has 0 fully saturated rings. The fourth-order valence-corrected chi connectivity index (χ4v) is 26.9. The molecule has 41 heavy (non-hydrogen) atoms. The largest absolute Gasteiger partial charge is 0.500 e. The van der Waals surface area contributed by atoms with Crippen molar-refractivity contribution in [2.45, 2.75) is 175 Å². The van der Waals surface area contributed by atoms with E-state index in [0.717, 1.165) is 24.6 Å². The highest BCUT2D eigenvalue weighted by molar-refractivity contribution is 6.89. The van der Waals surface area contributed by atoms with Crippen LogP contribution in [0.1, 0.15) is 105 Å². The van der Waals surface area contributed by atoms with Gasteiger partial charge < -0.3 is 25.6 Å². The molecule has 6 nitrogen and oxygen atoms in total. The Kier molecular flexibility index (Phi) is 22.0. The van der Waals surface area contributed by atoms with Crippen molar-refractivity contribution in [1.82, 2.24) is 0 Å². The summed E-state index contributed by atoms with van der Waals surface area (Å²) in [4.78, 5) is 0. The molecule has 0 saturated heterocycles. The normalized spacial score (nSPS) is 16.1. The third-order valence-electron chi connectivity index (χ3n) is 6.92. The number of hydrogen-bond acceptors (Lipinski definition) is 6. The van der Waals surface area contributed by atoms with Crippen molar-refractivity contribution in [3.05, 3.63) is 0 Å². The van der Waals surface area contributed by atoms with Crippen LogP contribution >= 0.6 is 0 Å². The highest BCUT2D eigenvalue weighted by Crippen LogP contribution is 2.32. The minimum absolute atomic E-state index is 0.653. The molecule has 0 aromatic rings. The highest BCUT2D eigenvalue weighted by atomic mass is 28.5. The molecule has 11 heteroatoms. The van der Waals surface area contributed by atoms with Crippen molar-refractivity contribution in [3.63, 3.8) is 0 Å². The second-order valence-electron chi connectivity index (χ2n) is 13.9. The summed E-state index contributed by atoms with van der Waals surface area (Å²) >= 11 is 0. The SMILES string of the molecule is CCCCCCCC[Si](C)(O[Si](C)(C)C)O[Si](C)(CCCCCCCC[Si](OCC)(OCC)OCC)O[Si](C)(C)C. The molecule has 0 aliphatic heterocycles. The second kappa shape index (κ2) is 21.6. The van der Waals surface area contributed by atoms with Gasteiger partial charge in [0.25, 0.3) is 0 Å². The average molecular weight is 669 g/mol. The van der Waals surface area contributed by atoms with E-state index in [-0.39, 0.29) is 0 Å². The van der Waals surface area contributed by atoms with Crippen LogP contribution in [0.25, 0.3) is 0 Å².